The number of H-pyrrole nitrogens is 1. The Morgan fingerprint density at radius 3 is 2.85 bits per heavy atom. The van der Waals surface area contributed by atoms with Crippen molar-refractivity contribution in [3.8, 4) is 5.88 Å². The van der Waals surface area contributed by atoms with E-state index >= 15 is 0 Å². The van der Waals surface area contributed by atoms with Gasteiger partial charge in [-0.05, 0) is 56.9 Å². The highest BCUT2D eigenvalue weighted by Crippen LogP contribution is 2.32. The maximum absolute atomic E-state index is 13.1. The number of hydrogen-bond acceptors (Lipinski definition) is 10. The summed E-state index contributed by atoms with van der Waals surface area (Å²) in [6.45, 7) is 14.7. The number of aromatic amines is 1. The van der Waals surface area contributed by atoms with Gasteiger partial charge in [0, 0.05) is 22.9 Å². The molecule has 12 heteroatoms. The molecule has 222 valence electrons. The Morgan fingerprint density at radius 1 is 1.37 bits per heavy atom. The Balaban J connectivity index is 0.00000226. The summed E-state index contributed by atoms with van der Waals surface area (Å²) in [6, 6.07) is 1.29. The van der Waals surface area contributed by atoms with Crippen LogP contribution in [0.25, 0.3) is 0 Å². The molecule has 2 atom stereocenters. The van der Waals surface area contributed by atoms with Crippen LogP contribution in [0.5, 0.6) is 5.88 Å². The standard InChI is InChI=1S/C27H36N6O4S2.C2H4/c1-5-8-10-17(6-2)25-28-14-18(7-3)22(38-25)16-36-23-13-21(37-32-23)24(34)29-20-15-33(4)12-9-11-19(20)26-30-31-27(35)39-26;1-2/h6,8,10,13,19-20H,5,7,9,11-12,14-16H2,1-4H3,(H,29,34)(H,31,35);1-2H2/b10-8-,17-6+;/t19-,20+;/m0./s1. The molecule has 41 heavy (non-hydrogen) atoms. The number of hydrogen-bond donors (Lipinski definition) is 2. The lowest BCUT2D eigenvalue weighted by Gasteiger charge is -2.25. The van der Waals surface area contributed by atoms with Gasteiger partial charge in [-0.25, -0.2) is 5.10 Å². The zero-order valence-corrected chi connectivity index (χ0v) is 25.9. The van der Waals surface area contributed by atoms with Crippen molar-refractivity contribution < 1.29 is 14.1 Å². The number of aliphatic imine (C=N–C) groups is 1. The minimum atomic E-state index is -0.374. The summed E-state index contributed by atoms with van der Waals surface area (Å²) >= 11 is 2.71. The van der Waals surface area contributed by atoms with Gasteiger partial charge in [0.25, 0.3) is 11.8 Å². The van der Waals surface area contributed by atoms with Gasteiger partial charge in [-0.1, -0.05) is 55.2 Å². The smallest absolute Gasteiger partial charge is 0.322 e. The van der Waals surface area contributed by atoms with Crippen LogP contribution in [0, 0.1) is 0 Å². The van der Waals surface area contributed by atoms with E-state index in [-0.39, 0.29) is 34.4 Å². The van der Waals surface area contributed by atoms with Crippen molar-refractivity contribution in [1.82, 2.24) is 25.6 Å². The molecule has 1 saturated heterocycles. The van der Waals surface area contributed by atoms with Gasteiger partial charge in [-0.15, -0.1) is 13.2 Å². The molecule has 2 aromatic heterocycles. The van der Waals surface area contributed by atoms with Crippen LogP contribution in [0.4, 0.5) is 0 Å². The summed E-state index contributed by atoms with van der Waals surface area (Å²) in [5.41, 5.74) is 2.32. The van der Waals surface area contributed by atoms with E-state index < -0.39 is 0 Å². The maximum atomic E-state index is 13.1. The molecule has 1 amide bonds. The second-order valence-corrected chi connectivity index (χ2v) is 11.6. The second-order valence-electron chi connectivity index (χ2n) is 9.52. The molecule has 0 spiro atoms. The van der Waals surface area contributed by atoms with Crippen molar-refractivity contribution in [3.63, 3.8) is 0 Å². The molecular weight excluding hydrogens is 560 g/mol. The van der Waals surface area contributed by atoms with Gasteiger partial charge < -0.3 is 19.5 Å². The first kappa shape index (κ1) is 32.3. The number of rotatable bonds is 10. The monoisotopic (exact) mass is 600 g/mol. The van der Waals surface area contributed by atoms with Crippen molar-refractivity contribution in [2.24, 2.45) is 4.99 Å². The van der Waals surface area contributed by atoms with E-state index in [9.17, 15) is 9.59 Å². The third kappa shape index (κ3) is 8.88. The number of carbonyl (C=O) groups excluding carboxylic acids is 1. The lowest BCUT2D eigenvalue weighted by molar-refractivity contribution is 0.0886. The normalized spacial score (nSPS) is 20.3. The highest BCUT2D eigenvalue weighted by Gasteiger charge is 2.32. The van der Waals surface area contributed by atoms with E-state index in [0.717, 1.165) is 59.1 Å². The molecule has 2 aliphatic rings. The van der Waals surface area contributed by atoms with E-state index in [1.165, 1.54) is 11.6 Å². The van der Waals surface area contributed by atoms with Crippen LogP contribution in [0.15, 0.2) is 67.8 Å². The van der Waals surface area contributed by atoms with Crippen LogP contribution in [0.3, 0.4) is 0 Å². The van der Waals surface area contributed by atoms with E-state index in [0.29, 0.717) is 24.7 Å². The lowest BCUT2D eigenvalue weighted by atomic mass is 9.96. The van der Waals surface area contributed by atoms with Gasteiger partial charge in [0.1, 0.15) is 16.7 Å². The third-order valence-electron chi connectivity index (χ3n) is 6.75. The van der Waals surface area contributed by atoms with E-state index in [1.54, 1.807) is 11.8 Å². The average molecular weight is 601 g/mol. The molecule has 0 bridgehead atoms. The predicted molar refractivity (Wildman–Crippen MR) is 167 cm³/mol. The van der Waals surface area contributed by atoms with Gasteiger partial charge in [0.2, 0.25) is 5.76 Å². The highest BCUT2D eigenvalue weighted by molar-refractivity contribution is 8.17. The summed E-state index contributed by atoms with van der Waals surface area (Å²) < 4.78 is 11.3. The molecule has 10 nitrogen and oxygen atoms in total. The van der Waals surface area contributed by atoms with Gasteiger partial charge in [0.05, 0.1) is 18.7 Å². The number of likely N-dealkylation sites (N-methyl/N-ethyl adjacent to an activating group) is 1. The maximum Gasteiger partial charge on any atom is 0.322 e. The molecular formula is C29H40N6O4S2. The Labute approximate surface area is 249 Å². The van der Waals surface area contributed by atoms with Crippen molar-refractivity contribution in [2.75, 3.05) is 33.3 Å². The third-order valence-corrected chi connectivity index (χ3v) is 8.84. The first-order valence-electron chi connectivity index (χ1n) is 13.8. The molecule has 0 aliphatic carbocycles. The van der Waals surface area contributed by atoms with Crippen LogP contribution in [0.2, 0.25) is 0 Å². The number of thioether (sulfide) groups is 1. The molecule has 2 aliphatic heterocycles. The molecule has 2 N–H and O–H groups in total. The van der Waals surface area contributed by atoms with Gasteiger partial charge >= 0.3 is 4.87 Å². The van der Waals surface area contributed by atoms with Crippen LogP contribution in [0.1, 0.15) is 67.9 Å². The SMILES string of the molecule is C/C=C(\C=C/CC)C1=NCC(CC)=C(COc2cc(C(=O)N[C@@H]3CN(C)CCC[C@@H]3c3n[nH]c(=O)s3)on2)S1.C=C. The van der Waals surface area contributed by atoms with Gasteiger partial charge in [0.15, 0.2) is 0 Å². The Bertz CT molecular complexity index is 1340. The molecule has 0 unspecified atom stereocenters. The minimum Gasteiger partial charge on any atom is -0.470 e. The van der Waals surface area contributed by atoms with Crippen LogP contribution < -0.4 is 14.9 Å². The van der Waals surface area contributed by atoms with E-state index in [4.69, 9.17) is 14.3 Å². The highest BCUT2D eigenvalue weighted by atomic mass is 32.2. The number of ether oxygens (including phenoxy) is 1. The number of carbonyl (C=O) groups is 1. The summed E-state index contributed by atoms with van der Waals surface area (Å²) in [7, 11) is 2.02. The van der Waals surface area contributed by atoms with Crippen LogP contribution in [-0.2, 0) is 0 Å². The zero-order chi connectivity index (χ0) is 29.8. The summed E-state index contributed by atoms with van der Waals surface area (Å²) in [6.07, 6.45) is 9.92. The van der Waals surface area contributed by atoms with Crippen molar-refractivity contribution in [1.29, 1.82) is 0 Å². The minimum absolute atomic E-state index is 0.0608. The quantitative estimate of drug-likeness (QED) is 0.277. The molecule has 0 radical (unpaired) electrons. The molecule has 4 rings (SSSR count). The van der Waals surface area contributed by atoms with E-state index in [1.807, 2.05) is 14.0 Å². The zero-order valence-electron chi connectivity index (χ0n) is 24.3. The van der Waals surface area contributed by atoms with Crippen molar-refractivity contribution in [2.45, 2.75) is 58.4 Å². The van der Waals surface area contributed by atoms with Crippen molar-refractivity contribution >= 4 is 34.0 Å². The molecule has 2 aromatic rings. The molecule has 0 saturated carbocycles. The predicted octanol–water partition coefficient (Wildman–Crippen LogP) is 5.33. The van der Waals surface area contributed by atoms with E-state index in [2.05, 4.69) is 70.8 Å². The fraction of sp³-hybridized carbons (Fsp3) is 0.483. The summed E-state index contributed by atoms with van der Waals surface area (Å²) in [4.78, 5) is 32.7. The number of nitrogens with one attached hydrogen (secondary N) is 2. The number of allylic oxidation sites excluding steroid dienone is 3. The van der Waals surface area contributed by atoms with Crippen LogP contribution in [-0.4, -0.2) is 70.5 Å². The van der Waals surface area contributed by atoms with Gasteiger partial charge in [-0.2, -0.15) is 5.10 Å². The number of aromatic nitrogens is 3. The molecule has 0 aromatic carbocycles. The largest absolute Gasteiger partial charge is 0.470 e. The fourth-order valence-electron chi connectivity index (χ4n) is 4.59. The Hall–Kier alpha value is -3.22. The molecule has 1 fully saturated rings. The lowest BCUT2D eigenvalue weighted by Crippen LogP contribution is -2.44. The second kappa shape index (κ2) is 16.3. The van der Waals surface area contributed by atoms with Gasteiger partial charge in [-0.3, -0.25) is 14.6 Å². The Kier molecular flexibility index (Phi) is 12.8. The number of likely N-dealkylation sites (tertiary alicyclic amines) is 1. The number of nitrogens with zero attached hydrogens (tertiary/aromatic N) is 4. The first-order chi connectivity index (χ1) is 19.9. The fourth-order valence-corrected chi connectivity index (χ4v) is 6.54. The van der Waals surface area contributed by atoms with Crippen molar-refractivity contribution in [3.05, 3.63) is 73.9 Å². The topological polar surface area (TPSA) is 126 Å². The summed E-state index contributed by atoms with van der Waals surface area (Å²) in [5, 5.41) is 15.4. The number of amides is 1. The average Bonchev–Trinajstić information content (AvgIpc) is 3.60. The molecule has 4 heterocycles. The first-order valence-corrected chi connectivity index (χ1v) is 15.5. The Morgan fingerprint density at radius 2 is 2.17 bits per heavy atom. The summed E-state index contributed by atoms with van der Waals surface area (Å²) in [5.74, 6) is -0.102. The van der Waals surface area contributed by atoms with Crippen LogP contribution >= 0.6 is 23.1 Å².